The highest BCUT2D eigenvalue weighted by Crippen LogP contribution is 2.23. The number of carbonyl (C=O) groups excluding carboxylic acids is 1. The van der Waals surface area contributed by atoms with Gasteiger partial charge in [0.15, 0.2) is 0 Å². The van der Waals surface area contributed by atoms with Gasteiger partial charge in [-0.3, -0.25) is 4.79 Å². The minimum absolute atomic E-state index is 0.103. The van der Waals surface area contributed by atoms with E-state index in [-0.39, 0.29) is 12.5 Å². The lowest BCUT2D eigenvalue weighted by Crippen LogP contribution is -2.21. The number of nitrogens with one attached hydrogen (secondary N) is 2. The van der Waals surface area contributed by atoms with Gasteiger partial charge in [0.2, 0.25) is 5.91 Å². The van der Waals surface area contributed by atoms with Gasteiger partial charge in [0.25, 0.3) is 0 Å². The van der Waals surface area contributed by atoms with E-state index in [1.54, 1.807) is 0 Å². The smallest absolute Gasteiger partial charge is 0.243 e. The standard InChI is InChI=1S/C22H24N2O3/c1-2-26-13-14-27-19-10-6-9-18(15-19)23-16-22(25)24-21-12-5-8-17-7-3-4-11-20(17)21/h3-12,15,23H,2,13-14,16H2,1H3,(H,24,25). The Bertz CT molecular complexity index is 890. The van der Waals surface area contributed by atoms with Crippen LogP contribution < -0.4 is 15.4 Å². The van der Waals surface area contributed by atoms with Gasteiger partial charge < -0.3 is 20.1 Å². The van der Waals surface area contributed by atoms with Crippen LogP contribution in [0.15, 0.2) is 66.7 Å². The molecule has 3 rings (SSSR count). The van der Waals surface area contributed by atoms with Crippen molar-refractivity contribution in [2.75, 3.05) is 37.0 Å². The number of amides is 1. The first-order chi connectivity index (χ1) is 13.3. The van der Waals surface area contributed by atoms with Gasteiger partial charge in [-0.1, -0.05) is 42.5 Å². The molecule has 2 N–H and O–H groups in total. The second-order valence-corrected chi connectivity index (χ2v) is 6.00. The molecule has 3 aromatic carbocycles. The van der Waals surface area contributed by atoms with Gasteiger partial charge in [-0.2, -0.15) is 0 Å². The van der Waals surface area contributed by atoms with Gasteiger partial charge in [0, 0.05) is 29.4 Å². The highest BCUT2D eigenvalue weighted by molar-refractivity contribution is 6.03. The number of rotatable bonds is 9. The van der Waals surface area contributed by atoms with E-state index in [1.807, 2.05) is 73.7 Å². The third kappa shape index (κ3) is 5.46. The third-order valence-corrected chi connectivity index (χ3v) is 4.05. The summed E-state index contributed by atoms with van der Waals surface area (Å²) in [5, 5.41) is 8.22. The summed E-state index contributed by atoms with van der Waals surface area (Å²) < 4.78 is 10.9. The van der Waals surface area contributed by atoms with Crippen molar-refractivity contribution in [1.82, 2.24) is 0 Å². The summed E-state index contributed by atoms with van der Waals surface area (Å²) in [5.41, 5.74) is 1.64. The SMILES string of the molecule is CCOCCOc1cccc(NCC(=O)Nc2cccc3ccccc23)c1. The largest absolute Gasteiger partial charge is 0.491 e. The molecule has 27 heavy (non-hydrogen) atoms. The van der Waals surface area contributed by atoms with Crippen molar-refractivity contribution in [1.29, 1.82) is 0 Å². The van der Waals surface area contributed by atoms with Gasteiger partial charge in [0.1, 0.15) is 12.4 Å². The molecule has 0 aliphatic carbocycles. The lowest BCUT2D eigenvalue weighted by molar-refractivity contribution is -0.114. The molecule has 1 amide bonds. The second kappa shape index (κ2) is 9.59. The Morgan fingerprint density at radius 2 is 1.78 bits per heavy atom. The normalized spacial score (nSPS) is 10.6. The van der Waals surface area contributed by atoms with Crippen LogP contribution in [0.3, 0.4) is 0 Å². The number of ether oxygens (including phenoxy) is 2. The average Bonchev–Trinajstić information content (AvgIpc) is 2.70. The average molecular weight is 364 g/mol. The van der Waals surface area contributed by atoms with E-state index in [0.29, 0.717) is 19.8 Å². The Balaban J connectivity index is 1.54. The Labute approximate surface area is 159 Å². The fraction of sp³-hybridized carbons (Fsp3) is 0.227. The Kier molecular flexibility index (Phi) is 6.66. The molecule has 5 heteroatoms. The summed E-state index contributed by atoms with van der Waals surface area (Å²) >= 11 is 0. The Morgan fingerprint density at radius 1 is 0.963 bits per heavy atom. The zero-order valence-electron chi connectivity index (χ0n) is 15.4. The first kappa shape index (κ1) is 18.7. The molecule has 0 spiro atoms. The van der Waals surface area contributed by atoms with Crippen LogP contribution in [-0.4, -0.2) is 32.3 Å². The number of anilines is 2. The molecule has 0 saturated heterocycles. The van der Waals surface area contributed by atoms with Crippen LogP contribution >= 0.6 is 0 Å². The van der Waals surface area contributed by atoms with Crippen LogP contribution in [0, 0.1) is 0 Å². The molecular formula is C22H24N2O3. The minimum Gasteiger partial charge on any atom is -0.491 e. The molecule has 5 nitrogen and oxygen atoms in total. The summed E-state index contributed by atoms with van der Waals surface area (Å²) in [5.74, 6) is 0.642. The van der Waals surface area contributed by atoms with E-state index in [9.17, 15) is 4.79 Å². The lowest BCUT2D eigenvalue weighted by Gasteiger charge is -2.11. The molecule has 140 valence electrons. The maximum absolute atomic E-state index is 12.3. The van der Waals surface area contributed by atoms with E-state index < -0.39 is 0 Å². The van der Waals surface area contributed by atoms with E-state index in [4.69, 9.17) is 9.47 Å². The van der Waals surface area contributed by atoms with Crippen molar-refractivity contribution >= 4 is 28.1 Å². The molecule has 0 saturated carbocycles. The molecule has 0 bridgehead atoms. The van der Waals surface area contributed by atoms with Crippen molar-refractivity contribution in [3.05, 3.63) is 66.7 Å². The van der Waals surface area contributed by atoms with Crippen LogP contribution in [0.5, 0.6) is 5.75 Å². The van der Waals surface area contributed by atoms with Crippen LogP contribution in [0.25, 0.3) is 10.8 Å². The third-order valence-electron chi connectivity index (χ3n) is 4.05. The van der Waals surface area contributed by atoms with Crippen LogP contribution in [0.4, 0.5) is 11.4 Å². The van der Waals surface area contributed by atoms with Crippen molar-refractivity contribution in [3.8, 4) is 5.75 Å². The van der Waals surface area contributed by atoms with E-state index in [1.165, 1.54) is 0 Å². The summed E-state index contributed by atoms with van der Waals surface area (Å²) in [6.45, 7) is 3.86. The fourth-order valence-electron chi connectivity index (χ4n) is 2.77. The van der Waals surface area contributed by atoms with Crippen molar-refractivity contribution in [2.24, 2.45) is 0 Å². The minimum atomic E-state index is -0.103. The maximum Gasteiger partial charge on any atom is 0.243 e. The summed E-state index contributed by atoms with van der Waals surface area (Å²) in [4.78, 5) is 12.3. The number of hydrogen-bond acceptors (Lipinski definition) is 4. The monoisotopic (exact) mass is 364 g/mol. The topological polar surface area (TPSA) is 59.6 Å². The molecule has 0 fully saturated rings. The van der Waals surface area contributed by atoms with Gasteiger partial charge >= 0.3 is 0 Å². The first-order valence-electron chi connectivity index (χ1n) is 9.08. The van der Waals surface area contributed by atoms with Gasteiger partial charge in [-0.05, 0) is 30.5 Å². The molecule has 0 aliphatic heterocycles. The van der Waals surface area contributed by atoms with Crippen LogP contribution in [0.2, 0.25) is 0 Å². The van der Waals surface area contributed by atoms with Crippen molar-refractivity contribution in [2.45, 2.75) is 6.92 Å². The molecular weight excluding hydrogens is 340 g/mol. The number of hydrogen-bond donors (Lipinski definition) is 2. The Morgan fingerprint density at radius 3 is 2.67 bits per heavy atom. The molecule has 3 aromatic rings. The number of fused-ring (bicyclic) bond motifs is 1. The molecule has 0 aromatic heterocycles. The van der Waals surface area contributed by atoms with Crippen molar-refractivity contribution in [3.63, 3.8) is 0 Å². The summed E-state index contributed by atoms with van der Waals surface area (Å²) in [7, 11) is 0. The first-order valence-corrected chi connectivity index (χ1v) is 9.08. The molecule has 0 unspecified atom stereocenters. The van der Waals surface area contributed by atoms with Crippen LogP contribution in [0.1, 0.15) is 6.92 Å². The summed E-state index contributed by atoms with van der Waals surface area (Å²) in [6.07, 6.45) is 0. The van der Waals surface area contributed by atoms with Crippen molar-refractivity contribution < 1.29 is 14.3 Å². The quantitative estimate of drug-likeness (QED) is 0.556. The van der Waals surface area contributed by atoms with Crippen LogP contribution in [-0.2, 0) is 9.53 Å². The molecule has 0 heterocycles. The predicted octanol–water partition coefficient (Wildman–Crippen LogP) is 4.31. The van der Waals surface area contributed by atoms with E-state index in [0.717, 1.165) is 27.9 Å². The van der Waals surface area contributed by atoms with E-state index >= 15 is 0 Å². The highest BCUT2D eigenvalue weighted by Gasteiger charge is 2.06. The number of benzene rings is 3. The molecule has 0 radical (unpaired) electrons. The summed E-state index contributed by atoms with van der Waals surface area (Å²) in [6, 6.07) is 21.4. The fourth-order valence-corrected chi connectivity index (χ4v) is 2.77. The van der Waals surface area contributed by atoms with Gasteiger partial charge in [-0.15, -0.1) is 0 Å². The zero-order valence-corrected chi connectivity index (χ0v) is 15.4. The van der Waals surface area contributed by atoms with E-state index in [2.05, 4.69) is 10.6 Å². The number of carbonyl (C=O) groups is 1. The van der Waals surface area contributed by atoms with Gasteiger partial charge in [0.05, 0.1) is 13.2 Å². The van der Waals surface area contributed by atoms with Gasteiger partial charge in [-0.25, -0.2) is 0 Å². The lowest BCUT2D eigenvalue weighted by atomic mass is 10.1. The highest BCUT2D eigenvalue weighted by atomic mass is 16.5. The molecule has 0 atom stereocenters. The maximum atomic E-state index is 12.3. The molecule has 0 aliphatic rings. The zero-order chi connectivity index (χ0) is 18.9. The second-order valence-electron chi connectivity index (χ2n) is 6.00. The predicted molar refractivity (Wildman–Crippen MR) is 109 cm³/mol. The Hall–Kier alpha value is -3.05.